The van der Waals surface area contributed by atoms with E-state index in [-0.39, 0.29) is 6.42 Å². The lowest BCUT2D eigenvalue weighted by atomic mass is 9.76. The van der Waals surface area contributed by atoms with Crippen molar-refractivity contribution in [2.45, 2.75) is 193 Å². The zero-order valence-corrected chi connectivity index (χ0v) is 61.3. The number of fused-ring (bicyclic) bond motifs is 1. The highest BCUT2D eigenvalue weighted by molar-refractivity contribution is 6.00. The Labute approximate surface area is 560 Å². The second-order valence-corrected chi connectivity index (χ2v) is 28.7. The van der Waals surface area contributed by atoms with Gasteiger partial charge in [-0.15, -0.1) is 0 Å². The molecule has 23 heteroatoms. The third-order valence-electron chi connectivity index (χ3n) is 19.8. The molecule has 0 bridgehead atoms. The number of para-hydroxylation sites is 1. The molecule has 10 amide bonds. The summed E-state index contributed by atoms with van der Waals surface area (Å²) in [5, 5.41) is 9.57. The lowest BCUT2D eigenvalue weighted by molar-refractivity contribution is -0.156. The Hall–Kier alpha value is -7.20. The number of amides is 10. The van der Waals surface area contributed by atoms with E-state index in [1.165, 1.54) is 83.6 Å². The van der Waals surface area contributed by atoms with Crippen molar-refractivity contribution in [3.63, 3.8) is 0 Å². The van der Waals surface area contributed by atoms with Crippen LogP contribution in [0.2, 0.25) is 0 Å². The third kappa shape index (κ3) is 19.5. The summed E-state index contributed by atoms with van der Waals surface area (Å²) in [6.07, 6.45) is 3.09. The molecule has 1 aliphatic heterocycles. The molecule has 0 aliphatic carbocycles. The molecular weight excluding hydrogens is 1200 g/mol. The average Bonchev–Trinajstić information content (AvgIpc) is 0.902. The lowest BCUT2D eigenvalue weighted by Crippen LogP contribution is -2.61. The van der Waals surface area contributed by atoms with Crippen LogP contribution in [-0.4, -0.2) is 221 Å². The molecular formula is C71H117N11O12. The molecule has 1 fully saturated rings. The maximum Gasteiger partial charge on any atom is 0.246 e. The second-order valence-electron chi connectivity index (χ2n) is 28.7. The number of carbonyl (C=O) groups is 12. The molecule has 0 spiro atoms. The Morgan fingerprint density at radius 1 is 0.426 bits per heavy atom. The summed E-state index contributed by atoms with van der Waals surface area (Å²) in [5.41, 5.74) is 1.49. The van der Waals surface area contributed by atoms with Gasteiger partial charge >= 0.3 is 0 Å². The maximum atomic E-state index is 15.3. The van der Waals surface area contributed by atoms with E-state index in [0.29, 0.717) is 24.8 Å². The number of ketones is 2. The Bertz CT molecular complexity index is 2990. The Morgan fingerprint density at radius 3 is 1.36 bits per heavy atom. The fourth-order valence-electron chi connectivity index (χ4n) is 13.6. The van der Waals surface area contributed by atoms with Crippen LogP contribution in [0.25, 0.3) is 10.9 Å². The first-order chi connectivity index (χ1) is 43.7. The van der Waals surface area contributed by atoms with Crippen LogP contribution in [0.4, 0.5) is 0 Å². The van der Waals surface area contributed by atoms with Gasteiger partial charge in [0.15, 0.2) is 11.6 Å². The van der Waals surface area contributed by atoms with Crippen LogP contribution < -0.4 is 16.0 Å². The summed E-state index contributed by atoms with van der Waals surface area (Å²) in [6.45, 7) is 30.4. The normalized spacial score (nSPS) is 27.0. The summed E-state index contributed by atoms with van der Waals surface area (Å²) in [6, 6.07) is -0.596. The van der Waals surface area contributed by atoms with Gasteiger partial charge in [-0.1, -0.05) is 162 Å². The van der Waals surface area contributed by atoms with E-state index in [2.05, 4.69) is 20.9 Å². The quantitative estimate of drug-likeness (QED) is 0.182. The molecule has 14 unspecified atom stereocenters. The molecule has 2 heterocycles. The van der Waals surface area contributed by atoms with Gasteiger partial charge in [-0.25, -0.2) is 0 Å². The van der Waals surface area contributed by atoms with Crippen molar-refractivity contribution < 1.29 is 57.5 Å². The zero-order chi connectivity index (χ0) is 72.0. The minimum atomic E-state index is -1.23. The van der Waals surface area contributed by atoms with Gasteiger partial charge in [0, 0.05) is 90.6 Å². The maximum absolute atomic E-state index is 15.3. The van der Waals surface area contributed by atoms with E-state index in [1.54, 1.807) is 103 Å². The highest BCUT2D eigenvalue weighted by atomic mass is 16.2. The predicted octanol–water partition coefficient (Wildman–Crippen LogP) is 5.92. The highest BCUT2D eigenvalue weighted by Gasteiger charge is 2.46. The number of aromatic nitrogens is 1. The van der Waals surface area contributed by atoms with Crippen LogP contribution in [0.1, 0.15) is 149 Å². The number of carbonyl (C=O) groups excluding carboxylic acids is 12. The molecule has 4 N–H and O–H groups in total. The first-order valence-electron chi connectivity index (χ1n) is 34.0. The average molecular weight is 1320 g/mol. The van der Waals surface area contributed by atoms with E-state index in [4.69, 9.17) is 0 Å². The van der Waals surface area contributed by atoms with E-state index in [0.717, 1.165) is 10.9 Å². The molecule has 0 radical (unpaired) electrons. The minimum Gasteiger partial charge on any atom is -0.361 e. The third-order valence-corrected chi connectivity index (χ3v) is 19.8. The molecule has 0 saturated carbocycles. The number of hydrogen-bond acceptors (Lipinski definition) is 12. The van der Waals surface area contributed by atoms with Crippen molar-refractivity contribution in [3.05, 3.63) is 36.0 Å². The molecule has 1 saturated heterocycles. The molecule has 94 heavy (non-hydrogen) atoms. The van der Waals surface area contributed by atoms with Crippen LogP contribution in [0.3, 0.4) is 0 Å². The van der Waals surface area contributed by atoms with E-state index in [9.17, 15) is 38.4 Å². The van der Waals surface area contributed by atoms with Crippen molar-refractivity contribution in [2.24, 2.45) is 71.0 Å². The topological polar surface area (TPSA) is 279 Å². The number of rotatable bonds is 13. The number of nitrogens with one attached hydrogen (secondary N) is 4. The number of H-pyrrole nitrogens is 1. The van der Waals surface area contributed by atoms with Crippen molar-refractivity contribution >= 4 is 81.5 Å². The molecule has 3 rings (SSSR count). The first-order valence-corrected chi connectivity index (χ1v) is 34.0. The Kier molecular flexibility index (Phi) is 30.6. The summed E-state index contributed by atoms with van der Waals surface area (Å²) in [7, 11) is 10.2. The monoisotopic (exact) mass is 1320 g/mol. The minimum absolute atomic E-state index is 0.00292. The van der Waals surface area contributed by atoms with Crippen molar-refractivity contribution in [1.82, 2.24) is 55.2 Å². The van der Waals surface area contributed by atoms with Gasteiger partial charge in [0.25, 0.3) is 0 Å². The molecule has 1 aliphatic rings. The summed E-state index contributed by atoms with van der Waals surface area (Å²) >= 11 is 0. The molecule has 528 valence electrons. The van der Waals surface area contributed by atoms with Crippen LogP contribution in [0.5, 0.6) is 0 Å². The van der Waals surface area contributed by atoms with Gasteiger partial charge in [-0.05, 0) is 59.0 Å². The Morgan fingerprint density at radius 2 is 0.862 bits per heavy atom. The van der Waals surface area contributed by atoms with Gasteiger partial charge in [0.1, 0.15) is 30.2 Å². The van der Waals surface area contributed by atoms with Crippen LogP contribution in [0.15, 0.2) is 30.5 Å². The lowest BCUT2D eigenvalue weighted by Gasteiger charge is -2.41. The highest BCUT2D eigenvalue weighted by Crippen LogP contribution is 2.31. The first kappa shape index (κ1) is 81.0. The predicted molar refractivity (Wildman–Crippen MR) is 365 cm³/mol. The molecule has 1 aromatic heterocycles. The fraction of sp³-hybridized carbons (Fsp3) is 0.718. The smallest absolute Gasteiger partial charge is 0.246 e. The summed E-state index contributed by atoms with van der Waals surface area (Å²) in [5.74, 6) is -14.8. The standard InChI is InChI=1S/C71H117N11O12/c1-26-43(14)56-47(18)64(87)57(39(6)7)74-53(84)36-77(20)69(92)62(45(16)28-3)82(25)70(93)60(41(10)11)79(22)54(85)37-78(21)68(91)59(40(8)9)81(24)71(94)61(42(12)13)80(23)67(90)58(44(15)27-2)75-65(88)55(38(4)5)46(17)63(86)51(73-52(83)35-76(19)66(56)89)33-48-34-72-50-32-30-29-31-49(48)50/h29-32,34,38-47,51,55-62,72H,26-28,33,35-37H2,1-25H3,(H,73,83)(H,74,84)(H,75,88). The van der Waals surface area contributed by atoms with Crippen LogP contribution in [0, 0.1) is 71.0 Å². The van der Waals surface area contributed by atoms with Crippen molar-refractivity contribution in [2.75, 3.05) is 69.0 Å². The zero-order valence-electron chi connectivity index (χ0n) is 61.3. The number of aromatic amines is 1. The number of hydrogen-bond donors (Lipinski definition) is 4. The SMILES string of the molecule is CCC(C)C1NC(=O)C(C(C)C)C(C)C(=O)C(Cc2c[nH]c3ccccc23)NC(=O)CN(C)C(=O)C(C(C)CC)C(C)C(=O)C(C(C)C)NC(=O)CN(C)C(=O)C(C(C)CC)N(C)C(=O)C(C(C)C)N(C)C(=O)CN(C)C(=O)C(C(C)C)N(C)C(=O)C(C(C)C)N(C)C1=O. The van der Waals surface area contributed by atoms with E-state index < -0.39 is 204 Å². The van der Waals surface area contributed by atoms with Crippen LogP contribution in [-0.2, 0) is 64.0 Å². The van der Waals surface area contributed by atoms with Gasteiger partial charge in [0.05, 0.1) is 37.6 Å². The number of Topliss-reactive ketones (excluding diaryl/α,β-unsaturated/α-hetero) is 2. The van der Waals surface area contributed by atoms with Crippen molar-refractivity contribution in [1.29, 1.82) is 0 Å². The summed E-state index contributed by atoms with van der Waals surface area (Å²) < 4.78 is 0. The molecule has 14 atom stereocenters. The summed E-state index contributed by atoms with van der Waals surface area (Å²) in [4.78, 5) is 189. The van der Waals surface area contributed by atoms with Gasteiger partial charge in [-0.3, -0.25) is 57.5 Å². The molecule has 2 aromatic rings. The number of nitrogens with zero attached hydrogens (tertiary/aromatic N) is 7. The van der Waals surface area contributed by atoms with E-state index >= 15 is 19.2 Å². The molecule has 23 nitrogen and oxygen atoms in total. The molecule has 1 aromatic carbocycles. The largest absolute Gasteiger partial charge is 0.361 e. The Balaban J connectivity index is 2.31. The van der Waals surface area contributed by atoms with Gasteiger partial charge < -0.3 is 55.2 Å². The fourth-order valence-corrected chi connectivity index (χ4v) is 13.6. The van der Waals surface area contributed by atoms with Gasteiger partial charge in [0.2, 0.25) is 59.1 Å². The second kappa shape index (κ2) is 35.5. The number of benzene rings is 1. The van der Waals surface area contributed by atoms with Gasteiger partial charge in [-0.2, -0.15) is 0 Å². The van der Waals surface area contributed by atoms with Crippen LogP contribution >= 0.6 is 0 Å². The van der Waals surface area contributed by atoms with Crippen molar-refractivity contribution in [3.8, 4) is 0 Å². The van der Waals surface area contributed by atoms with E-state index in [1.807, 2.05) is 52.0 Å². The number of likely N-dealkylation sites (N-methyl/N-ethyl adjacent to an activating group) is 7.